The van der Waals surface area contributed by atoms with Gasteiger partial charge in [-0.3, -0.25) is 14.4 Å². The Labute approximate surface area is 224 Å². The van der Waals surface area contributed by atoms with Gasteiger partial charge < -0.3 is 16.0 Å². The zero-order valence-corrected chi connectivity index (χ0v) is 21.3. The fourth-order valence-corrected chi connectivity index (χ4v) is 3.81. The minimum Gasteiger partial charge on any atom is -0.323 e. The van der Waals surface area contributed by atoms with Crippen molar-refractivity contribution in [3.8, 4) is 0 Å². The van der Waals surface area contributed by atoms with Crippen molar-refractivity contribution in [3.63, 3.8) is 0 Å². The largest absolute Gasteiger partial charge is 0.323 e. The van der Waals surface area contributed by atoms with Crippen LogP contribution >= 0.6 is 11.6 Å². The Kier molecular flexibility index (Phi) is 8.25. The van der Waals surface area contributed by atoms with Gasteiger partial charge in [0.05, 0.1) is 28.7 Å². The number of aryl methyl sites for hydroxylation is 1. The third kappa shape index (κ3) is 6.89. The van der Waals surface area contributed by atoms with Crippen LogP contribution in [0.25, 0.3) is 0 Å². The summed E-state index contributed by atoms with van der Waals surface area (Å²) in [4.78, 5) is 45.7. The summed E-state index contributed by atoms with van der Waals surface area (Å²) in [5, 5.41) is 8.47. The molecule has 38 heavy (non-hydrogen) atoms. The SMILES string of the molecule is C=CC(=O)Nc1cccc(Cc2ncc(NC(=O)c3cc(NC(=O)c4cccc(C)c4)ccc3Cl)cn2)c1. The number of benzene rings is 3. The molecule has 0 unspecified atom stereocenters. The molecule has 0 aliphatic heterocycles. The van der Waals surface area contributed by atoms with Crippen molar-refractivity contribution < 1.29 is 14.4 Å². The summed E-state index contributed by atoms with van der Waals surface area (Å²) in [6.07, 6.45) is 4.63. The number of anilines is 3. The number of nitrogens with one attached hydrogen (secondary N) is 3. The molecule has 1 aromatic heterocycles. The molecule has 3 N–H and O–H groups in total. The van der Waals surface area contributed by atoms with Crippen LogP contribution < -0.4 is 16.0 Å². The minimum atomic E-state index is -0.469. The zero-order chi connectivity index (χ0) is 27.1. The van der Waals surface area contributed by atoms with Gasteiger partial charge >= 0.3 is 0 Å². The Bertz CT molecular complexity index is 1520. The van der Waals surface area contributed by atoms with Gasteiger partial charge in [0.1, 0.15) is 5.82 Å². The molecule has 1 heterocycles. The predicted molar refractivity (Wildman–Crippen MR) is 149 cm³/mol. The highest BCUT2D eigenvalue weighted by Gasteiger charge is 2.14. The number of carbonyl (C=O) groups excluding carboxylic acids is 3. The first-order chi connectivity index (χ1) is 18.3. The van der Waals surface area contributed by atoms with Gasteiger partial charge in [-0.25, -0.2) is 9.97 Å². The van der Waals surface area contributed by atoms with E-state index in [1.807, 2.05) is 31.2 Å². The first kappa shape index (κ1) is 26.2. The third-order valence-electron chi connectivity index (χ3n) is 5.45. The molecule has 9 heteroatoms. The number of amides is 3. The zero-order valence-electron chi connectivity index (χ0n) is 20.5. The summed E-state index contributed by atoms with van der Waals surface area (Å²) in [6.45, 7) is 5.35. The monoisotopic (exact) mass is 525 g/mol. The first-order valence-electron chi connectivity index (χ1n) is 11.6. The number of hydrogen-bond donors (Lipinski definition) is 3. The van der Waals surface area contributed by atoms with Crippen LogP contribution in [0.1, 0.15) is 37.7 Å². The van der Waals surface area contributed by atoms with Gasteiger partial charge in [0.2, 0.25) is 5.91 Å². The van der Waals surface area contributed by atoms with Gasteiger partial charge in [-0.15, -0.1) is 0 Å². The minimum absolute atomic E-state index is 0.191. The lowest BCUT2D eigenvalue weighted by atomic mass is 10.1. The van der Waals surface area contributed by atoms with Gasteiger partial charge in [0.15, 0.2) is 0 Å². The number of rotatable bonds is 8. The number of hydrogen-bond acceptors (Lipinski definition) is 5. The standard InChI is InChI=1S/C29H24ClN5O3/c1-3-27(36)33-21-9-5-7-19(13-21)14-26-31-16-23(17-32-26)35-29(38)24-15-22(10-11-25(24)30)34-28(37)20-8-4-6-18(2)12-20/h3-13,15-17H,1,14H2,2H3,(H,33,36)(H,34,37)(H,35,38). The predicted octanol–water partition coefficient (Wildman–Crippen LogP) is 5.66. The molecule has 0 radical (unpaired) electrons. The van der Waals surface area contributed by atoms with Crippen molar-refractivity contribution in [3.05, 3.63) is 125 Å². The van der Waals surface area contributed by atoms with Crippen molar-refractivity contribution in [2.75, 3.05) is 16.0 Å². The average molecular weight is 526 g/mol. The molecule has 0 aliphatic rings. The van der Waals surface area contributed by atoms with Crippen molar-refractivity contribution in [2.24, 2.45) is 0 Å². The number of carbonyl (C=O) groups is 3. The van der Waals surface area contributed by atoms with E-state index in [4.69, 9.17) is 11.6 Å². The number of aromatic nitrogens is 2. The van der Waals surface area contributed by atoms with Crippen LogP contribution in [0.15, 0.2) is 91.8 Å². The van der Waals surface area contributed by atoms with E-state index in [1.165, 1.54) is 24.5 Å². The maximum atomic E-state index is 12.9. The lowest BCUT2D eigenvalue weighted by molar-refractivity contribution is -0.111. The topological polar surface area (TPSA) is 113 Å². The second kappa shape index (κ2) is 11.9. The van der Waals surface area contributed by atoms with E-state index in [0.29, 0.717) is 34.9 Å². The molecule has 3 aromatic carbocycles. The van der Waals surface area contributed by atoms with Crippen LogP contribution in [0.4, 0.5) is 17.1 Å². The maximum absolute atomic E-state index is 12.9. The molecule has 0 saturated heterocycles. The Morgan fingerprint density at radius 3 is 2.29 bits per heavy atom. The molecule has 0 fully saturated rings. The second-order valence-corrected chi connectivity index (χ2v) is 8.84. The van der Waals surface area contributed by atoms with Crippen molar-refractivity contribution in [1.29, 1.82) is 0 Å². The van der Waals surface area contributed by atoms with Crippen LogP contribution in [0.5, 0.6) is 0 Å². The highest BCUT2D eigenvalue weighted by Crippen LogP contribution is 2.23. The number of halogens is 1. The van der Waals surface area contributed by atoms with Crippen LogP contribution in [-0.2, 0) is 11.2 Å². The summed E-state index contributed by atoms with van der Waals surface area (Å²) in [5.41, 5.74) is 4.03. The van der Waals surface area contributed by atoms with E-state index in [0.717, 1.165) is 11.1 Å². The van der Waals surface area contributed by atoms with Gasteiger partial charge in [0.25, 0.3) is 11.8 Å². The average Bonchev–Trinajstić information content (AvgIpc) is 2.91. The lowest BCUT2D eigenvalue weighted by Crippen LogP contribution is -2.15. The molecule has 190 valence electrons. The molecule has 0 atom stereocenters. The van der Waals surface area contributed by atoms with Crippen molar-refractivity contribution in [1.82, 2.24) is 9.97 Å². The summed E-state index contributed by atoms with van der Waals surface area (Å²) >= 11 is 6.26. The van der Waals surface area contributed by atoms with Crippen molar-refractivity contribution in [2.45, 2.75) is 13.3 Å². The molecule has 3 amide bonds. The van der Waals surface area contributed by atoms with E-state index >= 15 is 0 Å². The normalized spacial score (nSPS) is 10.4. The summed E-state index contributed by atoms with van der Waals surface area (Å²) < 4.78 is 0. The third-order valence-corrected chi connectivity index (χ3v) is 5.78. The summed E-state index contributed by atoms with van der Waals surface area (Å²) in [5.74, 6) is -0.518. The molecular weight excluding hydrogens is 502 g/mol. The maximum Gasteiger partial charge on any atom is 0.257 e. The molecule has 0 bridgehead atoms. The van der Waals surface area contributed by atoms with Crippen LogP contribution in [0, 0.1) is 6.92 Å². The molecule has 0 spiro atoms. The van der Waals surface area contributed by atoms with E-state index in [2.05, 4.69) is 32.5 Å². The molecule has 8 nitrogen and oxygen atoms in total. The summed E-state index contributed by atoms with van der Waals surface area (Å²) in [6, 6.07) is 19.2. The Morgan fingerprint density at radius 2 is 1.55 bits per heavy atom. The molecule has 0 aliphatic carbocycles. The van der Waals surface area contributed by atoms with Crippen LogP contribution in [-0.4, -0.2) is 27.7 Å². The smallest absolute Gasteiger partial charge is 0.257 e. The second-order valence-electron chi connectivity index (χ2n) is 8.43. The molecule has 4 aromatic rings. The van der Waals surface area contributed by atoms with E-state index in [1.54, 1.807) is 36.4 Å². The van der Waals surface area contributed by atoms with Gasteiger partial charge in [0, 0.05) is 23.4 Å². The summed E-state index contributed by atoms with van der Waals surface area (Å²) in [7, 11) is 0. The van der Waals surface area contributed by atoms with Gasteiger partial charge in [-0.2, -0.15) is 0 Å². The highest BCUT2D eigenvalue weighted by atomic mass is 35.5. The van der Waals surface area contributed by atoms with E-state index < -0.39 is 5.91 Å². The Hall–Kier alpha value is -4.82. The fourth-order valence-electron chi connectivity index (χ4n) is 3.61. The number of nitrogens with zero attached hydrogens (tertiary/aromatic N) is 2. The van der Waals surface area contributed by atoms with E-state index in [9.17, 15) is 14.4 Å². The van der Waals surface area contributed by atoms with Crippen molar-refractivity contribution >= 4 is 46.4 Å². The molecular formula is C29H24ClN5O3. The molecule has 4 rings (SSSR count). The molecule has 0 saturated carbocycles. The fraction of sp³-hybridized carbons (Fsp3) is 0.0690. The lowest BCUT2D eigenvalue weighted by Gasteiger charge is -2.11. The van der Waals surface area contributed by atoms with Crippen LogP contribution in [0.2, 0.25) is 5.02 Å². The first-order valence-corrected chi connectivity index (χ1v) is 12.0. The Balaban J connectivity index is 1.41. The van der Waals surface area contributed by atoms with Crippen LogP contribution in [0.3, 0.4) is 0 Å². The highest BCUT2D eigenvalue weighted by molar-refractivity contribution is 6.34. The van der Waals surface area contributed by atoms with Gasteiger partial charge in [-0.1, -0.05) is 48.0 Å². The van der Waals surface area contributed by atoms with E-state index in [-0.39, 0.29) is 22.4 Å². The Morgan fingerprint density at radius 1 is 0.842 bits per heavy atom. The quantitative estimate of drug-likeness (QED) is 0.257. The van der Waals surface area contributed by atoms with Gasteiger partial charge in [-0.05, 0) is 61.0 Å².